The van der Waals surface area contributed by atoms with Crippen molar-refractivity contribution in [3.8, 4) is 0 Å². The first-order chi connectivity index (χ1) is 8.74. The van der Waals surface area contributed by atoms with Gasteiger partial charge in [-0.3, -0.25) is 4.90 Å². The Hall–Kier alpha value is -0.120. The lowest BCUT2D eigenvalue weighted by molar-refractivity contribution is -0.152. The highest BCUT2D eigenvalue weighted by Crippen LogP contribution is 2.43. The summed E-state index contributed by atoms with van der Waals surface area (Å²) >= 11 is 0. The first kappa shape index (κ1) is 14.3. The van der Waals surface area contributed by atoms with Crippen molar-refractivity contribution < 1.29 is 4.74 Å². The van der Waals surface area contributed by atoms with Crippen molar-refractivity contribution in [2.75, 3.05) is 19.7 Å². The normalized spacial score (nSPS) is 26.8. The van der Waals surface area contributed by atoms with Gasteiger partial charge in [0.05, 0.1) is 5.60 Å². The molecule has 1 aliphatic heterocycles. The molecular formula is C15H30N2O. The number of hydrogen-bond acceptors (Lipinski definition) is 3. The summed E-state index contributed by atoms with van der Waals surface area (Å²) in [5.41, 5.74) is 6.08. The molecule has 1 unspecified atom stereocenters. The Morgan fingerprint density at radius 3 is 2.56 bits per heavy atom. The van der Waals surface area contributed by atoms with Crippen LogP contribution in [0.1, 0.15) is 58.8 Å². The molecule has 1 aliphatic carbocycles. The third-order valence-corrected chi connectivity index (χ3v) is 5.00. The smallest absolute Gasteiger partial charge is 0.0697 e. The number of hydrogen-bond donors (Lipinski definition) is 1. The van der Waals surface area contributed by atoms with Crippen LogP contribution in [0.3, 0.4) is 0 Å². The summed E-state index contributed by atoms with van der Waals surface area (Å²) in [6.45, 7) is 7.38. The van der Waals surface area contributed by atoms with Crippen molar-refractivity contribution in [1.29, 1.82) is 0 Å². The van der Waals surface area contributed by atoms with Gasteiger partial charge in [-0.15, -0.1) is 0 Å². The maximum absolute atomic E-state index is 6.05. The zero-order valence-corrected chi connectivity index (χ0v) is 12.2. The minimum absolute atomic E-state index is 0.252. The molecule has 1 atom stereocenters. The Morgan fingerprint density at radius 1 is 1.33 bits per heavy atom. The van der Waals surface area contributed by atoms with Gasteiger partial charge in [-0.2, -0.15) is 0 Å². The van der Waals surface area contributed by atoms with Crippen LogP contribution >= 0.6 is 0 Å². The number of nitrogens with two attached hydrogens (primary N) is 1. The largest absolute Gasteiger partial charge is 0.375 e. The third-order valence-electron chi connectivity index (χ3n) is 5.00. The van der Waals surface area contributed by atoms with Gasteiger partial charge in [-0.1, -0.05) is 13.8 Å². The molecule has 106 valence electrons. The van der Waals surface area contributed by atoms with Crippen molar-refractivity contribution in [1.82, 2.24) is 4.90 Å². The van der Waals surface area contributed by atoms with E-state index in [0.717, 1.165) is 19.7 Å². The van der Waals surface area contributed by atoms with Crippen LogP contribution in [-0.4, -0.2) is 42.3 Å². The lowest BCUT2D eigenvalue weighted by atomic mass is 9.73. The van der Waals surface area contributed by atoms with Gasteiger partial charge in [0.2, 0.25) is 0 Å². The topological polar surface area (TPSA) is 38.5 Å². The third kappa shape index (κ3) is 2.89. The molecule has 1 saturated heterocycles. The van der Waals surface area contributed by atoms with E-state index in [4.69, 9.17) is 10.5 Å². The second kappa shape index (κ2) is 6.36. The Kier molecular flexibility index (Phi) is 5.05. The highest BCUT2D eigenvalue weighted by Gasteiger charge is 2.44. The second-order valence-electron chi connectivity index (χ2n) is 6.03. The minimum atomic E-state index is 0.252. The number of ether oxygens (including phenoxy) is 1. The monoisotopic (exact) mass is 254 g/mol. The maximum atomic E-state index is 6.05. The lowest BCUT2D eigenvalue weighted by Crippen LogP contribution is -2.55. The van der Waals surface area contributed by atoms with E-state index in [2.05, 4.69) is 18.7 Å². The van der Waals surface area contributed by atoms with Gasteiger partial charge in [-0.25, -0.2) is 0 Å². The zero-order chi connectivity index (χ0) is 13.0. The summed E-state index contributed by atoms with van der Waals surface area (Å²) in [4.78, 5) is 2.68. The molecule has 1 spiro atoms. The molecule has 1 saturated carbocycles. The summed E-state index contributed by atoms with van der Waals surface area (Å²) in [7, 11) is 0. The van der Waals surface area contributed by atoms with E-state index in [9.17, 15) is 0 Å². The summed E-state index contributed by atoms with van der Waals surface area (Å²) < 4.78 is 6.05. The number of rotatable bonds is 6. The summed E-state index contributed by atoms with van der Waals surface area (Å²) in [6, 6.07) is 1.40. The van der Waals surface area contributed by atoms with Crippen molar-refractivity contribution in [3.05, 3.63) is 0 Å². The van der Waals surface area contributed by atoms with Crippen molar-refractivity contribution in [2.45, 2.75) is 76.5 Å². The van der Waals surface area contributed by atoms with Crippen LogP contribution < -0.4 is 5.73 Å². The van der Waals surface area contributed by atoms with E-state index in [1.807, 2.05) is 0 Å². The molecule has 0 amide bonds. The minimum Gasteiger partial charge on any atom is -0.375 e. The van der Waals surface area contributed by atoms with Crippen LogP contribution in [0.2, 0.25) is 0 Å². The lowest BCUT2D eigenvalue weighted by Gasteiger charge is -2.51. The van der Waals surface area contributed by atoms with Gasteiger partial charge in [0.15, 0.2) is 0 Å². The van der Waals surface area contributed by atoms with E-state index >= 15 is 0 Å². The molecule has 0 aromatic heterocycles. The fraction of sp³-hybridized carbons (Fsp3) is 1.00. The fourth-order valence-corrected chi connectivity index (χ4v) is 3.77. The average Bonchev–Trinajstić information content (AvgIpc) is 2.37. The Balaban J connectivity index is 2.00. The molecule has 0 radical (unpaired) electrons. The molecule has 0 aromatic rings. The van der Waals surface area contributed by atoms with E-state index in [0.29, 0.717) is 12.1 Å². The summed E-state index contributed by atoms with van der Waals surface area (Å²) in [6.07, 6.45) is 8.82. The average molecular weight is 254 g/mol. The summed E-state index contributed by atoms with van der Waals surface area (Å²) in [5, 5.41) is 0. The van der Waals surface area contributed by atoms with Gasteiger partial charge >= 0.3 is 0 Å². The van der Waals surface area contributed by atoms with Gasteiger partial charge in [0.25, 0.3) is 0 Å². The Bertz CT molecular complexity index is 249. The highest BCUT2D eigenvalue weighted by molar-refractivity contribution is 4.97. The quantitative estimate of drug-likeness (QED) is 0.791. The molecular weight excluding hydrogens is 224 g/mol. The Morgan fingerprint density at radius 2 is 2.06 bits per heavy atom. The molecule has 3 nitrogen and oxygen atoms in total. The van der Waals surface area contributed by atoms with Crippen molar-refractivity contribution >= 4 is 0 Å². The molecule has 2 N–H and O–H groups in total. The molecule has 1 heterocycles. The fourth-order valence-electron chi connectivity index (χ4n) is 3.77. The second-order valence-corrected chi connectivity index (χ2v) is 6.03. The highest BCUT2D eigenvalue weighted by atomic mass is 16.5. The van der Waals surface area contributed by atoms with Gasteiger partial charge in [-0.05, 0) is 44.9 Å². The van der Waals surface area contributed by atoms with Crippen LogP contribution in [0, 0.1) is 0 Å². The molecule has 2 rings (SSSR count). The van der Waals surface area contributed by atoms with Crippen LogP contribution in [0.4, 0.5) is 0 Å². The van der Waals surface area contributed by atoms with Crippen LogP contribution in [-0.2, 0) is 4.74 Å². The predicted octanol–water partition coefficient (Wildman–Crippen LogP) is 2.54. The van der Waals surface area contributed by atoms with Crippen molar-refractivity contribution in [2.24, 2.45) is 5.73 Å². The first-order valence-corrected chi connectivity index (χ1v) is 7.84. The van der Waals surface area contributed by atoms with Gasteiger partial charge < -0.3 is 10.5 Å². The van der Waals surface area contributed by atoms with E-state index in [1.54, 1.807) is 0 Å². The van der Waals surface area contributed by atoms with E-state index < -0.39 is 0 Å². The molecule has 18 heavy (non-hydrogen) atoms. The molecule has 3 heteroatoms. The van der Waals surface area contributed by atoms with Gasteiger partial charge in [0, 0.05) is 31.8 Å². The maximum Gasteiger partial charge on any atom is 0.0697 e. The first-order valence-electron chi connectivity index (χ1n) is 7.84. The molecule has 2 aliphatic rings. The Labute approximate surface area is 112 Å². The van der Waals surface area contributed by atoms with Crippen LogP contribution in [0.15, 0.2) is 0 Å². The zero-order valence-electron chi connectivity index (χ0n) is 12.2. The van der Waals surface area contributed by atoms with E-state index in [1.165, 1.54) is 44.9 Å². The molecule has 2 fully saturated rings. The molecule has 0 aromatic carbocycles. The van der Waals surface area contributed by atoms with E-state index in [-0.39, 0.29) is 5.60 Å². The van der Waals surface area contributed by atoms with Crippen molar-refractivity contribution in [3.63, 3.8) is 0 Å². The predicted molar refractivity (Wildman–Crippen MR) is 75.7 cm³/mol. The SMILES string of the molecule is CCC(CC)N(CCN)C1CCOC2(CCC2)C1. The summed E-state index contributed by atoms with van der Waals surface area (Å²) in [5.74, 6) is 0. The number of nitrogens with zero attached hydrogens (tertiary/aromatic N) is 1. The van der Waals surface area contributed by atoms with Crippen LogP contribution in [0.5, 0.6) is 0 Å². The van der Waals surface area contributed by atoms with Gasteiger partial charge in [0.1, 0.15) is 0 Å². The van der Waals surface area contributed by atoms with Crippen LogP contribution in [0.25, 0.3) is 0 Å². The standard InChI is InChI=1S/C15H30N2O/c1-3-13(4-2)17(10-9-16)14-6-11-18-15(12-14)7-5-8-15/h13-14H,3-12,16H2,1-2H3. The molecule has 0 bridgehead atoms.